The fourth-order valence-corrected chi connectivity index (χ4v) is 3.09. The fourth-order valence-electron chi connectivity index (χ4n) is 2.96. The standard InChI is InChI=1S/C18H28ClNO/c1-6-18(14(4)5,11-13(2)3)12-20-17(21)15-7-9-16(19)10-8-15/h7-10,13-14H,6,11-12H2,1-5H3,(H,20,21). The lowest BCUT2D eigenvalue weighted by atomic mass is 9.69. The number of nitrogens with one attached hydrogen (secondary N) is 1. The molecule has 0 aliphatic heterocycles. The summed E-state index contributed by atoms with van der Waals surface area (Å²) in [6.07, 6.45) is 2.20. The van der Waals surface area contributed by atoms with Crippen molar-refractivity contribution in [2.45, 2.75) is 47.5 Å². The molecule has 0 spiro atoms. The molecular formula is C18H28ClNO. The second-order valence-corrected chi connectivity index (χ2v) is 7.09. The summed E-state index contributed by atoms with van der Waals surface area (Å²) >= 11 is 5.86. The Bertz CT molecular complexity index is 453. The topological polar surface area (TPSA) is 29.1 Å². The maximum Gasteiger partial charge on any atom is 0.251 e. The molecular weight excluding hydrogens is 282 g/mol. The number of carbonyl (C=O) groups excluding carboxylic acids is 1. The van der Waals surface area contributed by atoms with Crippen molar-refractivity contribution in [2.24, 2.45) is 17.3 Å². The Morgan fingerprint density at radius 3 is 2.19 bits per heavy atom. The van der Waals surface area contributed by atoms with Gasteiger partial charge in [0.25, 0.3) is 5.91 Å². The third kappa shape index (κ3) is 5.03. The van der Waals surface area contributed by atoms with E-state index in [9.17, 15) is 4.79 Å². The van der Waals surface area contributed by atoms with Crippen molar-refractivity contribution in [3.05, 3.63) is 34.9 Å². The molecule has 0 radical (unpaired) electrons. The van der Waals surface area contributed by atoms with Crippen molar-refractivity contribution < 1.29 is 4.79 Å². The van der Waals surface area contributed by atoms with Gasteiger partial charge >= 0.3 is 0 Å². The Hall–Kier alpha value is -1.02. The average molecular weight is 310 g/mol. The molecule has 1 atom stereocenters. The van der Waals surface area contributed by atoms with Crippen molar-refractivity contribution in [1.82, 2.24) is 5.32 Å². The van der Waals surface area contributed by atoms with Crippen LogP contribution in [-0.2, 0) is 0 Å². The number of benzene rings is 1. The van der Waals surface area contributed by atoms with E-state index in [2.05, 4.69) is 39.9 Å². The van der Waals surface area contributed by atoms with Gasteiger partial charge in [0.05, 0.1) is 0 Å². The first-order valence-electron chi connectivity index (χ1n) is 7.84. The van der Waals surface area contributed by atoms with Crippen LogP contribution in [0.15, 0.2) is 24.3 Å². The van der Waals surface area contributed by atoms with Crippen molar-refractivity contribution in [3.8, 4) is 0 Å². The van der Waals surface area contributed by atoms with Gasteiger partial charge in [-0.05, 0) is 54.4 Å². The van der Waals surface area contributed by atoms with Crippen LogP contribution in [0.25, 0.3) is 0 Å². The summed E-state index contributed by atoms with van der Waals surface area (Å²) in [5.41, 5.74) is 0.827. The van der Waals surface area contributed by atoms with Gasteiger partial charge in [-0.15, -0.1) is 0 Å². The zero-order valence-corrected chi connectivity index (χ0v) is 14.6. The predicted molar refractivity (Wildman–Crippen MR) is 90.8 cm³/mol. The molecule has 0 saturated heterocycles. The molecule has 1 unspecified atom stereocenters. The number of halogens is 1. The maximum atomic E-state index is 12.3. The molecule has 1 rings (SSSR count). The largest absolute Gasteiger partial charge is 0.351 e. The third-order valence-electron chi connectivity index (χ3n) is 4.45. The molecule has 0 aliphatic carbocycles. The molecule has 3 heteroatoms. The highest BCUT2D eigenvalue weighted by Crippen LogP contribution is 2.37. The summed E-state index contributed by atoms with van der Waals surface area (Å²) in [6, 6.07) is 7.03. The Morgan fingerprint density at radius 2 is 1.76 bits per heavy atom. The minimum atomic E-state index is -0.0195. The van der Waals surface area contributed by atoms with Crippen molar-refractivity contribution in [3.63, 3.8) is 0 Å². The van der Waals surface area contributed by atoms with Crippen LogP contribution in [-0.4, -0.2) is 12.5 Å². The molecule has 1 aromatic carbocycles. The molecule has 1 amide bonds. The van der Waals surface area contributed by atoms with Crippen molar-refractivity contribution in [2.75, 3.05) is 6.54 Å². The molecule has 0 fully saturated rings. The SMILES string of the molecule is CCC(CNC(=O)c1ccc(Cl)cc1)(CC(C)C)C(C)C. The molecule has 0 aliphatic rings. The second-order valence-electron chi connectivity index (χ2n) is 6.66. The molecule has 1 aromatic rings. The van der Waals surface area contributed by atoms with E-state index in [-0.39, 0.29) is 11.3 Å². The van der Waals surface area contributed by atoms with Gasteiger partial charge in [0, 0.05) is 17.1 Å². The quantitative estimate of drug-likeness (QED) is 0.739. The van der Waals surface area contributed by atoms with Gasteiger partial charge in [0.2, 0.25) is 0 Å². The summed E-state index contributed by atoms with van der Waals surface area (Å²) in [4.78, 5) is 12.3. The Morgan fingerprint density at radius 1 is 1.19 bits per heavy atom. The van der Waals surface area contributed by atoms with Crippen LogP contribution in [0.4, 0.5) is 0 Å². The lowest BCUT2D eigenvalue weighted by Crippen LogP contribution is -2.41. The first-order chi connectivity index (χ1) is 9.80. The highest BCUT2D eigenvalue weighted by atomic mass is 35.5. The van der Waals surface area contributed by atoms with Crippen LogP contribution in [0.3, 0.4) is 0 Å². The molecule has 2 nitrogen and oxygen atoms in total. The van der Waals surface area contributed by atoms with Crippen LogP contribution in [0.5, 0.6) is 0 Å². The summed E-state index contributed by atoms with van der Waals surface area (Å²) in [5.74, 6) is 1.14. The Labute approximate surface area is 134 Å². The fraction of sp³-hybridized carbons (Fsp3) is 0.611. The number of rotatable bonds is 7. The van der Waals surface area contributed by atoms with E-state index in [1.807, 2.05) is 0 Å². The van der Waals surface area contributed by atoms with E-state index in [1.54, 1.807) is 24.3 Å². The zero-order valence-electron chi connectivity index (χ0n) is 13.9. The van der Waals surface area contributed by atoms with Gasteiger partial charge < -0.3 is 5.32 Å². The molecule has 0 bridgehead atoms. The molecule has 0 saturated carbocycles. The summed E-state index contributed by atoms with van der Waals surface area (Å²) in [7, 11) is 0. The van der Waals surface area contributed by atoms with Gasteiger partial charge in [-0.2, -0.15) is 0 Å². The van der Waals surface area contributed by atoms with E-state index in [0.717, 1.165) is 19.4 Å². The summed E-state index contributed by atoms with van der Waals surface area (Å²) in [5, 5.41) is 3.76. The highest BCUT2D eigenvalue weighted by molar-refractivity contribution is 6.30. The van der Waals surface area contributed by atoms with Gasteiger partial charge in [0.1, 0.15) is 0 Å². The molecule has 1 N–H and O–H groups in total. The van der Waals surface area contributed by atoms with E-state index in [4.69, 9.17) is 11.6 Å². The van der Waals surface area contributed by atoms with E-state index < -0.39 is 0 Å². The molecule has 118 valence electrons. The number of hydrogen-bond donors (Lipinski definition) is 1. The van der Waals surface area contributed by atoms with Gasteiger partial charge in [-0.3, -0.25) is 4.79 Å². The first kappa shape index (κ1) is 18.0. The summed E-state index contributed by atoms with van der Waals surface area (Å²) in [6.45, 7) is 11.9. The van der Waals surface area contributed by atoms with Crippen LogP contribution >= 0.6 is 11.6 Å². The van der Waals surface area contributed by atoms with Crippen LogP contribution in [0.1, 0.15) is 57.8 Å². The monoisotopic (exact) mass is 309 g/mol. The normalized spacial score (nSPS) is 14.3. The van der Waals surface area contributed by atoms with Crippen molar-refractivity contribution in [1.29, 1.82) is 0 Å². The predicted octanol–water partition coefficient (Wildman–Crippen LogP) is 5.17. The smallest absolute Gasteiger partial charge is 0.251 e. The van der Waals surface area contributed by atoms with Gasteiger partial charge in [-0.1, -0.05) is 46.2 Å². The average Bonchev–Trinajstić information content (AvgIpc) is 2.43. The van der Waals surface area contributed by atoms with E-state index >= 15 is 0 Å². The Balaban J connectivity index is 2.76. The lowest BCUT2D eigenvalue weighted by molar-refractivity contribution is 0.0869. The number of hydrogen-bond acceptors (Lipinski definition) is 1. The van der Waals surface area contributed by atoms with Gasteiger partial charge in [0.15, 0.2) is 0 Å². The van der Waals surface area contributed by atoms with E-state index in [0.29, 0.717) is 22.4 Å². The van der Waals surface area contributed by atoms with Crippen LogP contribution in [0.2, 0.25) is 5.02 Å². The van der Waals surface area contributed by atoms with Gasteiger partial charge in [-0.25, -0.2) is 0 Å². The van der Waals surface area contributed by atoms with E-state index in [1.165, 1.54) is 0 Å². The Kier molecular flexibility index (Phi) is 6.73. The summed E-state index contributed by atoms with van der Waals surface area (Å²) < 4.78 is 0. The second kappa shape index (κ2) is 7.84. The van der Waals surface area contributed by atoms with Crippen LogP contribution < -0.4 is 5.32 Å². The highest BCUT2D eigenvalue weighted by Gasteiger charge is 2.33. The van der Waals surface area contributed by atoms with Crippen molar-refractivity contribution >= 4 is 17.5 Å². The zero-order chi connectivity index (χ0) is 16.0. The number of amides is 1. The number of carbonyl (C=O) groups is 1. The minimum Gasteiger partial charge on any atom is -0.351 e. The lowest BCUT2D eigenvalue weighted by Gasteiger charge is -2.38. The maximum absolute atomic E-state index is 12.3. The molecule has 21 heavy (non-hydrogen) atoms. The van der Waals surface area contributed by atoms with Crippen LogP contribution in [0, 0.1) is 17.3 Å². The molecule has 0 heterocycles. The minimum absolute atomic E-state index is 0.0195. The third-order valence-corrected chi connectivity index (χ3v) is 4.70. The molecule has 0 aromatic heterocycles. The first-order valence-corrected chi connectivity index (χ1v) is 8.22.